The van der Waals surface area contributed by atoms with Gasteiger partial charge in [-0.1, -0.05) is 38.8 Å². The average Bonchev–Trinajstić information content (AvgIpc) is 2.43. The SMILES string of the molecule is CCCC(C)CC(=O)NCc1cccc(OCC(=O)O)c1. The van der Waals surface area contributed by atoms with Crippen LogP contribution < -0.4 is 10.1 Å². The number of benzene rings is 1. The van der Waals surface area contributed by atoms with Crippen molar-refractivity contribution < 1.29 is 19.4 Å². The third kappa shape index (κ3) is 7.34. The van der Waals surface area contributed by atoms with Crippen molar-refractivity contribution in [3.8, 4) is 5.75 Å². The second-order valence-electron chi connectivity index (χ2n) is 5.20. The molecule has 1 aromatic carbocycles. The Kier molecular flexibility index (Phi) is 7.29. The van der Waals surface area contributed by atoms with Crippen molar-refractivity contribution in [2.75, 3.05) is 6.61 Å². The highest BCUT2D eigenvalue weighted by Crippen LogP contribution is 2.14. The van der Waals surface area contributed by atoms with E-state index in [-0.39, 0.29) is 12.5 Å². The van der Waals surface area contributed by atoms with Gasteiger partial charge in [-0.3, -0.25) is 4.79 Å². The van der Waals surface area contributed by atoms with Crippen molar-refractivity contribution in [2.45, 2.75) is 39.7 Å². The summed E-state index contributed by atoms with van der Waals surface area (Å²) in [4.78, 5) is 22.2. The van der Waals surface area contributed by atoms with E-state index in [0.29, 0.717) is 24.6 Å². The summed E-state index contributed by atoms with van der Waals surface area (Å²) in [5.41, 5.74) is 0.884. The molecule has 21 heavy (non-hydrogen) atoms. The van der Waals surface area contributed by atoms with Gasteiger partial charge >= 0.3 is 5.97 Å². The molecule has 0 aromatic heterocycles. The minimum atomic E-state index is -1.02. The zero-order chi connectivity index (χ0) is 15.7. The summed E-state index contributed by atoms with van der Waals surface area (Å²) in [5.74, 6) is -0.102. The lowest BCUT2D eigenvalue weighted by Gasteiger charge is -2.11. The van der Waals surface area contributed by atoms with Gasteiger partial charge in [0, 0.05) is 13.0 Å². The quantitative estimate of drug-likeness (QED) is 0.734. The Morgan fingerprint density at radius 2 is 2.14 bits per heavy atom. The highest BCUT2D eigenvalue weighted by atomic mass is 16.5. The topological polar surface area (TPSA) is 75.6 Å². The maximum atomic E-state index is 11.8. The summed E-state index contributed by atoms with van der Waals surface area (Å²) >= 11 is 0. The summed E-state index contributed by atoms with van der Waals surface area (Å²) in [6.45, 7) is 4.23. The Balaban J connectivity index is 2.42. The lowest BCUT2D eigenvalue weighted by atomic mass is 10.0. The molecular weight excluding hydrogens is 270 g/mol. The molecule has 0 aliphatic carbocycles. The summed E-state index contributed by atoms with van der Waals surface area (Å²) < 4.78 is 5.10. The second-order valence-corrected chi connectivity index (χ2v) is 5.20. The fraction of sp³-hybridized carbons (Fsp3) is 0.500. The van der Waals surface area contributed by atoms with Crippen molar-refractivity contribution in [3.05, 3.63) is 29.8 Å². The van der Waals surface area contributed by atoms with Gasteiger partial charge in [0.25, 0.3) is 0 Å². The summed E-state index contributed by atoms with van der Waals surface area (Å²) in [7, 11) is 0. The van der Waals surface area contributed by atoms with E-state index < -0.39 is 5.97 Å². The van der Waals surface area contributed by atoms with Gasteiger partial charge in [-0.05, 0) is 23.6 Å². The number of hydrogen-bond acceptors (Lipinski definition) is 3. The maximum Gasteiger partial charge on any atom is 0.341 e. The van der Waals surface area contributed by atoms with Crippen LogP contribution in [0, 0.1) is 5.92 Å². The van der Waals surface area contributed by atoms with Gasteiger partial charge in [0.05, 0.1) is 0 Å². The molecule has 5 nitrogen and oxygen atoms in total. The normalized spacial score (nSPS) is 11.7. The summed E-state index contributed by atoms with van der Waals surface area (Å²) in [6, 6.07) is 7.07. The Morgan fingerprint density at radius 3 is 2.81 bits per heavy atom. The molecule has 0 saturated carbocycles. The first-order chi connectivity index (χ1) is 10.0. The van der Waals surface area contributed by atoms with Crippen LogP contribution in [-0.2, 0) is 16.1 Å². The van der Waals surface area contributed by atoms with E-state index in [4.69, 9.17) is 9.84 Å². The molecule has 0 bridgehead atoms. The molecule has 0 spiro atoms. The minimum absolute atomic E-state index is 0.0350. The zero-order valence-corrected chi connectivity index (χ0v) is 12.6. The van der Waals surface area contributed by atoms with E-state index in [1.165, 1.54) is 0 Å². The number of hydrogen-bond donors (Lipinski definition) is 2. The van der Waals surface area contributed by atoms with Crippen LogP contribution in [0.4, 0.5) is 0 Å². The Labute approximate surface area is 125 Å². The number of carbonyl (C=O) groups is 2. The number of carboxylic acid groups (broad SMARTS) is 1. The molecule has 1 unspecified atom stereocenters. The van der Waals surface area contributed by atoms with E-state index in [0.717, 1.165) is 18.4 Å². The van der Waals surface area contributed by atoms with Crippen LogP contribution in [0.5, 0.6) is 5.75 Å². The molecule has 0 aliphatic rings. The van der Waals surface area contributed by atoms with Gasteiger partial charge in [0.1, 0.15) is 5.75 Å². The van der Waals surface area contributed by atoms with E-state index in [1.54, 1.807) is 18.2 Å². The van der Waals surface area contributed by atoms with Gasteiger partial charge in [-0.15, -0.1) is 0 Å². The van der Waals surface area contributed by atoms with Crippen LogP contribution >= 0.6 is 0 Å². The van der Waals surface area contributed by atoms with Crippen LogP contribution in [0.2, 0.25) is 0 Å². The molecule has 1 atom stereocenters. The van der Waals surface area contributed by atoms with Crippen LogP contribution in [0.15, 0.2) is 24.3 Å². The fourth-order valence-electron chi connectivity index (χ4n) is 2.07. The van der Waals surface area contributed by atoms with Crippen molar-refractivity contribution in [2.24, 2.45) is 5.92 Å². The number of aliphatic carboxylic acids is 1. The highest BCUT2D eigenvalue weighted by Gasteiger charge is 2.08. The van der Waals surface area contributed by atoms with Crippen LogP contribution in [0.1, 0.15) is 38.7 Å². The highest BCUT2D eigenvalue weighted by molar-refractivity contribution is 5.76. The average molecular weight is 293 g/mol. The van der Waals surface area contributed by atoms with Gasteiger partial charge in [-0.2, -0.15) is 0 Å². The van der Waals surface area contributed by atoms with Gasteiger partial charge in [0.2, 0.25) is 5.91 Å². The first kappa shape index (κ1) is 17.0. The number of rotatable bonds is 9. The second kappa shape index (κ2) is 9.00. The Bertz CT molecular complexity index is 473. The third-order valence-electron chi connectivity index (χ3n) is 3.07. The first-order valence-corrected chi connectivity index (χ1v) is 7.21. The molecule has 1 aromatic rings. The maximum absolute atomic E-state index is 11.8. The number of amides is 1. The molecule has 116 valence electrons. The lowest BCUT2D eigenvalue weighted by molar-refractivity contribution is -0.139. The molecule has 5 heteroatoms. The smallest absolute Gasteiger partial charge is 0.341 e. The Hall–Kier alpha value is -2.04. The summed E-state index contributed by atoms with van der Waals surface area (Å²) in [5, 5.41) is 11.4. The van der Waals surface area contributed by atoms with Crippen LogP contribution in [0.25, 0.3) is 0 Å². The van der Waals surface area contributed by atoms with Gasteiger partial charge in [-0.25, -0.2) is 4.79 Å². The zero-order valence-electron chi connectivity index (χ0n) is 12.6. The van der Waals surface area contributed by atoms with E-state index >= 15 is 0 Å². The summed E-state index contributed by atoms with van der Waals surface area (Å²) in [6.07, 6.45) is 2.66. The van der Waals surface area contributed by atoms with Gasteiger partial charge < -0.3 is 15.2 Å². The predicted molar refractivity (Wildman–Crippen MR) is 80.1 cm³/mol. The van der Waals surface area contributed by atoms with E-state index in [2.05, 4.69) is 19.2 Å². The fourth-order valence-corrected chi connectivity index (χ4v) is 2.07. The lowest BCUT2D eigenvalue weighted by Crippen LogP contribution is -2.24. The molecule has 0 fully saturated rings. The van der Waals surface area contributed by atoms with Gasteiger partial charge in [0.15, 0.2) is 6.61 Å². The number of nitrogens with one attached hydrogen (secondary N) is 1. The number of carbonyl (C=O) groups excluding carboxylic acids is 1. The molecular formula is C16H23NO4. The molecule has 1 amide bonds. The van der Waals surface area contributed by atoms with Crippen LogP contribution in [0.3, 0.4) is 0 Å². The molecule has 0 saturated heterocycles. The molecule has 1 rings (SSSR count). The van der Waals surface area contributed by atoms with Crippen molar-refractivity contribution >= 4 is 11.9 Å². The van der Waals surface area contributed by atoms with E-state index in [9.17, 15) is 9.59 Å². The predicted octanol–water partition coefficient (Wildman–Crippen LogP) is 2.59. The monoisotopic (exact) mass is 293 g/mol. The number of carboxylic acids is 1. The molecule has 0 radical (unpaired) electrons. The third-order valence-corrected chi connectivity index (χ3v) is 3.07. The van der Waals surface area contributed by atoms with Crippen molar-refractivity contribution in [3.63, 3.8) is 0 Å². The standard InChI is InChI=1S/C16H23NO4/c1-3-5-12(2)8-15(18)17-10-13-6-4-7-14(9-13)21-11-16(19)20/h4,6-7,9,12H,3,5,8,10-11H2,1-2H3,(H,17,18)(H,19,20). The largest absolute Gasteiger partial charge is 0.482 e. The van der Waals surface area contributed by atoms with E-state index in [1.807, 2.05) is 6.07 Å². The number of ether oxygens (including phenoxy) is 1. The molecule has 0 aliphatic heterocycles. The minimum Gasteiger partial charge on any atom is -0.482 e. The molecule has 0 heterocycles. The molecule has 2 N–H and O–H groups in total. The first-order valence-electron chi connectivity index (χ1n) is 7.21. The van der Waals surface area contributed by atoms with Crippen molar-refractivity contribution in [1.29, 1.82) is 0 Å². The Morgan fingerprint density at radius 1 is 1.38 bits per heavy atom. The van der Waals surface area contributed by atoms with Crippen molar-refractivity contribution in [1.82, 2.24) is 5.32 Å². The van der Waals surface area contributed by atoms with Crippen LogP contribution in [-0.4, -0.2) is 23.6 Å².